The van der Waals surface area contributed by atoms with E-state index in [9.17, 15) is 0 Å². The van der Waals surface area contributed by atoms with E-state index < -0.39 is 0 Å². The number of hydrogen-bond acceptors (Lipinski definition) is 3. The van der Waals surface area contributed by atoms with Crippen LogP contribution < -0.4 is 5.32 Å². The minimum atomic E-state index is 0.685. The van der Waals surface area contributed by atoms with Gasteiger partial charge in [-0.3, -0.25) is 9.67 Å². The predicted octanol–water partition coefficient (Wildman–Crippen LogP) is 3.37. The minimum absolute atomic E-state index is 0.685. The third-order valence-corrected chi connectivity index (χ3v) is 2.92. The Labute approximate surface area is 109 Å². The molecule has 1 aromatic carbocycles. The summed E-state index contributed by atoms with van der Waals surface area (Å²) in [6.45, 7) is 0. The maximum absolute atomic E-state index is 5.96. The maximum Gasteiger partial charge on any atom is 0.152 e. The second-order valence-corrected chi connectivity index (χ2v) is 4.46. The standard InChI is InChI=1S/C13H11ClN4/c1-18-7-5-13(17-18)16-11-4-6-15-12-8-9(14)2-3-10(11)12/h2-8H,1H3,(H,15,16,17). The molecule has 5 heteroatoms. The van der Waals surface area contributed by atoms with Crippen LogP contribution in [-0.2, 0) is 7.05 Å². The van der Waals surface area contributed by atoms with Gasteiger partial charge in [-0.15, -0.1) is 0 Å². The van der Waals surface area contributed by atoms with E-state index >= 15 is 0 Å². The fourth-order valence-corrected chi connectivity index (χ4v) is 2.02. The molecule has 0 atom stereocenters. The molecule has 1 N–H and O–H groups in total. The molecule has 0 saturated heterocycles. The number of rotatable bonds is 2. The molecular formula is C13H11ClN4. The number of anilines is 2. The van der Waals surface area contributed by atoms with Gasteiger partial charge in [-0.05, 0) is 24.3 Å². The van der Waals surface area contributed by atoms with Crippen LogP contribution in [0.2, 0.25) is 5.02 Å². The fraction of sp³-hybridized carbons (Fsp3) is 0.0769. The zero-order valence-electron chi connectivity index (χ0n) is 9.76. The van der Waals surface area contributed by atoms with Crippen molar-refractivity contribution in [2.75, 3.05) is 5.32 Å². The largest absolute Gasteiger partial charge is 0.338 e. The van der Waals surface area contributed by atoms with Gasteiger partial charge in [0.2, 0.25) is 0 Å². The number of hydrogen-bond donors (Lipinski definition) is 1. The van der Waals surface area contributed by atoms with Crippen LogP contribution in [0.25, 0.3) is 10.9 Å². The van der Waals surface area contributed by atoms with Gasteiger partial charge in [-0.25, -0.2) is 0 Å². The molecule has 0 saturated carbocycles. The summed E-state index contributed by atoms with van der Waals surface area (Å²) in [4.78, 5) is 4.30. The second-order valence-electron chi connectivity index (χ2n) is 4.02. The molecule has 0 aliphatic heterocycles. The van der Waals surface area contributed by atoms with Gasteiger partial charge in [0, 0.05) is 35.9 Å². The third kappa shape index (κ3) is 2.02. The third-order valence-electron chi connectivity index (χ3n) is 2.68. The molecule has 3 rings (SSSR count). The summed E-state index contributed by atoms with van der Waals surface area (Å²) < 4.78 is 1.75. The van der Waals surface area contributed by atoms with Crippen LogP contribution in [-0.4, -0.2) is 14.8 Å². The second kappa shape index (κ2) is 4.31. The Bertz CT molecular complexity index is 705. The van der Waals surface area contributed by atoms with Crippen LogP contribution in [0.15, 0.2) is 42.7 Å². The smallest absolute Gasteiger partial charge is 0.152 e. The quantitative estimate of drug-likeness (QED) is 0.766. The van der Waals surface area contributed by atoms with Crippen LogP contribution in [0, 0.1) is 0 Å². The molecule has 0 unspecified atom stereocenters. The summed E-state index contributed by atoms with van der Waals surface area (Å²) in [6, 6.07) is 9.50. The Kier molecular flexibility index (Phi) is 2.64. The monoisotopic (exact) mass is 258 g/mol. The van der Waals surface area contributed by atoms with Crippen LogP contribution in [0.4, 0.5) is 11.5 Å². The van der Waals surface area contributed by atoms with Gasteiger partial charge >= 0.3 is 0 Å². The highest BCUT2D eigenvalue weighted by molar-refractivity contribution is 6.31. The molecule has 18 heavy (non-hydrogen) atoms. The normalized spacial score (nSPS) is 10.8. The lowest BCUT2D eigenvalue weighted by molar-refractivity contribution is 0.771. The highest BCUT2D eigenvalue weighted by atomic mass is 35.5. The van der Waals surface area contributed by atoms with E-state index in [1.807, 2.05) is 43.6 Å². The van der Waals surface area contributed by atoms with E-state index in [1.165, 1.54) is 0 Å². The predicted molar refractivity (Wildman–Crippen MR) is 73.2 cm³/mol. The molecule has 2 heterocycles. The number of halogens is 1. The number of fused-ring (bicyclic) bond motifs is 1. The SMILES string of the molecule is Cn1ccc(Nc2ccnc3cc(Cl)ccc23)n1. The summed E-state index contributed by atoms with van der Waals surface area (Å²) in [5.41, 5.74) is 1.83. The molecule has 0 spiro atoms. The van der Waals surface area contributed by atoms with Gasteiger partial charge in [0.05, 0.1) is 11.2 Å². The summed E-state index contributed by atoms with van der Waals surface area (Å²) in [5.74, 6) is 0.806. The first kappa shape index (κ1) is 11.0. The van der Waals surface area contributed by atoms with Crippen molar-refractivity contribution in [2.45, 2.75) is 0 Å². The van der Waals surface area contributed by atoms with E-state index in [4.69, 9.17) is 11.6 Å². The highest BCUT2D eigenvalue weighted by Gasteiger charge is 2.04. The van der Waals surface area contributed by atoms with Crippen molar-refractivity contribution < 1.29 is 0 Å². The van der Waals surface area contributed by atoms with Crippen molar-refractivity contribution in [3.63, 3.8) is 0 Å². The first-order valence-corrected chi connectivity index (χ1v) is 5.91. The van der Waals surface area contributed by atoms with Crippen molar-refractivity contribution in [2.24, 2.45) is 7.05 Å². The molecule has 0 aliphatic rings. The average Bonchev–Trinajstić information content (AvgIpc) is 2.75. The molecule has 0 radical (unpaired) electrons. The Morgan fingerprint density at radius 3 is 2.89 bits per heavy atom. The van der Waals surface area contributed by atoms with Crippen molar-refractivity contribution in [1.82, 2.24) is 14.8 Å². The zero-order valence-corrected chi connectivity index (χ0v) is 10.5. The molecule has 4 nitrogen and oxygen atoms in total. The van der Waals surface area contributed by atoms with E-state index in [2.05, 4.69) is 15.4 Å². The lowest BCUT2D eigenvalue weighted by Gasteiger charge is -2.07. The number of nitrogens with zero attached hydrogens (tertiary/aromatic N) is 3. The van der Waals surface area contributed by atoms with Crippen molar-refractivity contribution in [3.05, 3.63) is 47.7 Å². The van der Waals surface area contributed by atoms with Crippen LogP contribution in [0.3, 0.4) is 0 Å². The molecule has 3 aromatic rings. The van der Waals surface area contributed by atoms with Crippen LogP contribution >= 0.6 is 11.6 Å². The van der Waals surface area contributed by atoms with Crippen LogP contribution in [0.5, 0.6) is 0 Å². The Balaban J connectivity index is 2.06. The molecule has 90 valence electrons. The van der Waals surface area contributed by atoms with Gasteiger partial charge in [0.1, 0.15) is 0 Å². The van der Waals surface area contributed by atoms with Gasteiger partial charge < -0.3 is 5.32 Å². The van der Waals surface area contributed by atoms with E-state index in [-0.39, 0.29) is 0 Å². The molecule has 0 aliphatic carbocycles. The van der Waals surface area contributed by atoms with E-state index in [1.54, 1.807) is 10.9 Å². The van der Waals surface area contributed by atoms with Crippen molar-refractivity contribution in [3.8, 4) is 0 Å². The number of benzene rings is 1. The zero-order chi connectivity index (χ0) is 12.5. The first-order chi connectivity index (χ1) is 8.72. The van der Waals surface area contributed by atoms with Gasteiger partial charge in [0.25, 0.3) is 0 Å². The molecule has 0 amide bonds. The number of nitrogens with one attached hydrogen (secondary N) is 1. The Hall–Kier alpha value is -2.07. The molecule has 0 fully saturated rings. The summed E-state index contributed by atoms with van der Waals surface area (Å²) in [7, 11) is 1.88. The maximum atomic E-state index is 5.96. The highest BCUT2D eigenvalue weighted by Crippen LogP contribution is 2.26. The van der Waals surface area contributed by atoms with Gasteiger partial charge in [0.15, 0.2) is 5.82 Å². The topological polar surface area (TPSA) is 42.7 Å². The van der Waals surface area contributed by atoms with Gasteiger partial charge in [-0.2, -0.15) is 5.10 Å². The van der Waals surface area contributed by atoms with Gasteiger partial charge in [-0.1, -0.05) is 11.6 Å². The summed E-state index contributed by atoms with van der Waals surface area (Å²) in [6.07, 6.45) is 3.65. The van der Waals surface area contributed by atoms with E-state index in [0.717, 1.165) is 22.4 Å². The molecule has 0 bridgehead atoms. The molecular weight excluding hydrogens is 248 g/mol. The van der Waals surface area contributed by atoms with E-state index in [0.29, 0.717) is 5.02 Å². The Morgan fingerprint density at radius 2 is 2.11 bits per heavy atom. The first-order valence-electron chi connectivity index (χ1n) is 5.53. The van der Waals surface area contributed by atoms with Crippen molar-refractivity contribution in [1.29, 1.82) is 0 Å². The minimum Gasteiger partial charge on any atom is -0.338 e. The lowest BCUT2D eigenvalue weighted by atomic mass is 10.2. The fourth-order valence-electron chi connectivity index (χ4n) is 1.85. The number of aromatic nitrogens is 3. The number of aryl methyl sites for hydroxylation is 1. The average molecular weight is 259 g/mol. The summed E-state index contributed by atoms with van der Waals surface area (Å²) in [5, 5.41) is 9.27. The summed E-state index contributed by atoms with van der Waals surface area (Å²) >= 11 is 5.96. The number of pyridine rings is 1. The van der Waals surface area contributed by atoms with Crippen LogP contribution in [0.1, 0.15) is 0 Å². The lowest BCUT2D eigenvalue weighted by Crippen LogP contribution is -1.95. The molecule has 2 aromatic heterocycles. The van der Waals surface area contributed by atoms with Crippen molar-refractivity contribution >= 4 is 34.0 Å². The Morgan fingerprint density at radius 1 is 1.22 bits per heavy atom.